The van der Waals surface area contributed by atoms with E-state index in [0.29, 0.717) is 18.3 Å². The summed E-state index contributed by atoms with van der Waals surface area (Å²) in [7, 11) is 2.06. The lowest BCUT2D eigenvalue weighted by molar-refractivity contribution is 0.0678. The molecule has 1 N–H and O–H groups in total. The first-order chi connectivity index (χ1) is 10.6. The molecule has 22 heavy (non-hydrogen) atoms. The fourth-order valence-corrected chi connectivity index (χ4v) is 2.82. The highest BCUT2D eigenvalue weighted by Crippen LogP contribution is 2.26. The van der Waals surface area contributed by atoms with Crippen molar-refractivity contribution >= 4 is 5.97 Å². The van der Waals surface area contributed by atoms with Crippen LogP contribution in [0.2, 0.25) is 0 Å². The fraction of sp³-hybridized carbons (Fsp3) is 0.375. The fourth-order valence-electron chi connectivity index (χ4n) is 2.82. The van der Waals surface area contributed by atoms with Gasteiger partial charge >= 0.3 is 5.97 Å². The lowest BCUT2D eigenvalue weighted by Crippen LogP contribution is -2.30. The van der Waals surface area contributed by atoms with E-state index in [1.807, 2.05) is 18.2 Å². The lowest BCUT2D eigenvalue weighted by Gasteiger charge is -2.19. The van der Waals surface area contributed by atoms with Gasteiger partial charge in [0, 0.05) is 6.04 Å². The van der Waals surface area contributed by atoms with Gasteiger partial charge in [0.2, 0.25) is 0 Å². The molecule has 1 saturated heterocycles. The average Bonchev–Trinajstić information content (AvgIpc) is 3.08. The second kappa shape index (κ2) is 6.19. The van der Waals surface area contributed by atoms with Crippen molar-refractivity contribution in [2.24, 2.45) is 0 Å². The maximum Gasteiger partial charge on any atom is 0.358 e. The molecule has 0 radical (unpaired) electrons. The Kier molecular flexibility index (Phi) is 4.11. The van der Waals surface area contributed by atoms with Crippen molar-refractivity contribution in [1.82, 2.24) is 14.7 Å². The van der Waals surface area contributed by atoms with Crippen LogP contribution >= 0.6 is 0 Å². The zero-order valence-electron chi connectivity index (χ0n) is 12.5. The Labute approximate surface area is 128 Å². The Morgan fingerprint density at radius 3 is 2.82 bits per heavy atom. The van der Waals surface area contributed by atoms with E-state index in [4.69, 9.17) is 4.74 Å². The summed E-state index contributed by atoms with van der Waals surface area (Å²) in [5.74, 6) is -0.147. The summed E-state index contributed by atoms with van der Waals surface area (Å²) >= 11 is 0. The van der Waals surface area contributed by atoms with Gasteiger partial charge in [-0.05, 0) is 38.6 Å². The molecule has 116 valence electrons. The number of aromatic nitrogens is 2. The number of rotatable bonds is 5. The maximum atomic E-state index is 11.6. The number of benzene rings is 1. The van der Waals surface area contributed by atoms with Crippen LogP contribution in [0.5, 0.6) is 11.5 Å². The Morgan fingerprint density at radius 1 is 1.41 bits per heavy atom. The van der Waals surface area contributed by atoms with E-state index in [2.05, 4.69) is 17.0 Å². The molecule has 1 aromatic carbocycles. The molecule has 1 unspecified atom stereocenters. The molecular weight excluding hydrogens is 282 g/mol. The Hall–Kier alpha value is -2.34. The number of nitrogens with zero attached hydrogens (tertiary/aromatic N) is 3. The van der Waals surface area contributed by atoms with Crippen molar-refractivity contribution in [1.29, 1.82) is 0 Å². The number of likely N-dealkylation sites (N-methyl/N-ethyl adjacent to an activating group) is 1. The highest BCUT2D eigenvalue weighted by molar-refractivity contribution is 5.88. The van der Waals surface area contributed by atoms with Crippen molar-refractivity contribution < 1.29 is 14.6 Å². The third kappa shape index (κ3) is 2.96. The average molecular weight is 301 g/mol. The zero-order valence-corrected chi connectivity index (χ0v) is 12.5. The number of carboxylic acid groups (broad SMARTS) is 1. The number of aromatic carboxylic acids is 1. The zero-order chi connectivity index (χ0) is 15.5. The van der Waals surface area contributed by atoms with Gasteiger partial charge in [0.05, 0.1) is 12.7 Å². The van der Waals surface area contributed by atoms with Crippen LogP contribution in [-0.4, -0.2) is 45.4 Å². The van der Waals surface area contributed by atoms with E-state index in [-0.39, 0.29) is 11.4 Å². The van der Waals surface area contributed by atoms with Crippen molar-refractivity contribution in [2.45, 2.75) is 25.4 Å². The first kappa shape index (κ1) is 14.6. The van der Waals surface area contributed by atoms with Crippen molar-refractivity contribution in [2.75, 3.05) is 13.6 Å². The van der Waals surface area contributed by atoms with Crippen molar-refractivity contribution in [3.8, 4) is 11.5 Å². The van der Waals surface area contributed by atoms with Gasteiger partial charge in [0.25, 0.3) is 0 Å². The van der Waals surface area contributed by atoms with Gasteiger partial charge in [-0.1, -0.05) is 18.2 Å². The molecule has 0 aliphatic carbocycles. The summed E-state index contributed by atoms with van der Waals surface area (Å²) in [5, 5.41) is 13.7. The van der Waals surface area contributed by atoms with Gasteiger partial charge in [-0.15, -0.1) is 0 Å². The molecule has 1 aliphatic heterocycles. The number of hydrogen-bond donors (Lipinski definition) is 1. The monoisotopic (exact) mass is 301 g/mol. The topological polar surface area (TPSA) is 67.6 Å². The molecule has 0 spiro atoms. The van der Waals surface area contributed by atoms with E-state index < -0.39 is 5.97 Å². The first-order valence-electron chi connectivity index (χ1n) is 7.37. The van der Waals surface area contributed by atoms with Crippen LogP contribution in [0.25, 0.3) is 0 Å². The lowest BCUT2D eigenvalue weighted by atomic mass is 10.2. The van der Waals surface area contributed by atoms with E-state index in [0.717, 1.165) is 19.4 Å². The summed E-state index contributed by atoms with van der Waals surface area (Å²) in [6.07, 6.45) is 3.67. The van der Waals surface area contributed by atoms with E-state index in [9.17, 15) is 9.90 Å². The molecule has 6 nitrogen and oxygen atoms in total. The van der Waals surface area contributed by atoms with Crippen molar-refractivity contribution in [3.63, 3.8) is 0 Å². The third-order valence-corrected chi connectivity index (χ3v) is 4.03. The molecule has 6 heteroatoms. The quantitative estimate of drug-likeness (QED) is 0.919. The molecule has 2 aromatic rings. The van der Waals surface area contributed by atoms with Gasteiger partial charge in [0.15, 0.2) is 11.4 Å². The van der Waals surface area contributed by atoms with Crippen LogP contribution in [0.1, 0.15) is 23.3 Å². The molecule has 1 aromatic heterocycles. The third-order valence-electron chi connectivity index (χ3n) is 4.03. The smallest absolute Gasteiger partial charge is 0.358 e. The Bertz CT molecular complexity index is 654. The molecular formula is C16H19N3O3. The molecule has 3 rings (SSSR count). The summed E-state index contributed by atoms with van der Waals surface area (Å²) < 4.78 is 7.20. The Morgan fingerprint density at radius 2 is 2.18 bits per heavy atom. The number of ether oxygens (including phenoxy) is 1. The van der Waals surface area contributed by atoms with Crippen LogP contribution in [-0.2, 0) is 6.54 Å². The largest absolute Gasteiger partial charge is 0.476 e. The summed E-state index contributed by atoms with van der Waals surface area (Å²) in [6, 6.07) is 9.45. The molecule has 1 fully saturated rings. The molecule has 1 atom stereocenters. The van der Waals surface area contributed by atoms with Crippen LogP contribution < -0.4 is 4.74 Å². The number of carbonyl (C=O) groups is 1. The second-order valence-corrected chi connectivity index (χ2v) is 5.54. The normalized spacial score (nSPS) is 18.5. The van der Waals surface area contributed by atoms with Crippen molar-refractivity contribution in [3.05, 3.63) is 42.2 Å². The summed E-state index contributed by atoms with van der Waals surface area (Å²) in [4.78, 5) is 13.8. The second-order valence-electron chi connectivity index (χ2n) is 5.54. The molecule has 2 heterocycles. The molecule has 0 amide bonds. The maximum absolute atomic E-state index is 11.6. The van der Waals surface area contributed by atoms with Gasteiger partial charge in [-0.25, -0.2) is 4.79 Å². The van der Waals surface area contributed by atoms with E-state index in [1.54, 1.807) is 12.1 Å². The minimum atomic E-state index is -1.02. The number of likely N-dealkylation sites (tertiary alicyclic amines) is 1. The minimum absolute atomic E-state index is 0.101. The van der Waals surface area contributed by atoms with Crippen LogP contribution in [0.4, 0.5) is 0 Å². The standard InChI is InChI=1S/C16H19N3O3/c1-18-9-5-6-12(18)11-19-15(16(20)21)14(10-17-19)22-13-7-3-2-4-8-13/h2-4,7-8,10,12H,5-6,9,11H2,1H3,(H,20,21). The molecule has 0 bridgehead atoms. The van der Waals surface area contributed by atoms with Crippen LogP contribution in [0.3, 0.4) is 0 Å². The SMILES string of the molecule is CN1CCCC1Cn1ncc(Oc2ccccc2)c1C(=O)O. The van der Waals surface area contributed by atoms with E-state index in [1.165, 1.54) is 10.9 Å². The highest BCUT2D eigenvalue weighted by Gasteiger charge is 2.26. The number of carboxylic acids is 1. The summed E-state index contributed by atoms with van der Waals surface area (Å²) in [6.45, 7) is 1.61. The van der Waals surface area contributed by atoms with E-state index >= 15 is 0 Å². The van der Waals surface area contributed by atoms with Crippen LogP contribution in [0, 0.1) is 0 Å². The minimum Gasteiger partial charge on any atom is -0.476 e. The first-order valence-corrected chi connectivity index (χ1v) is 7.37. The molecule has 0 saturated carbocycles. The predicted octanol–water partition coefficient (Wildman–Crippen LogP) is 2.47. The molecule has 1 aliphatic rings. The van der Waals surface area contributed by atoms with Gasteiger partial charge < -0.3 is 14.7 Å². The van der Waals surface area contributed by atoms with Gasteiger partial charge in [-0.2, -0.15) is 5.10 Å². The van der Waals surface area contributed by atoms with Crippen LogP contribution in [0.15, 0.2) is 36.5 Å². The summed E-state index contributed by atoms with van der Waals surface area (Å²) in [5.41, 5.74) is 0.101. The highest BCUT2D eigenvalue weighted by atomic mass is 16.5. The Balaban J connectivity index is 1.84. The predicted molar refractivity (Wildman–Crippen MR) is 81.4 cm³/mol. The van der Waals surface area contributed by atoms with Gasteiger partial charge in [-0.3, -0.25) is 4.68 Å². The number of hydrogen-bond acceptors (Lipinski definition) is 4. The van der Waals surface area contributed by atoms with Gasteiger partial charge in [0.1, 0.15) is 5.75 Å². The number of para-hydroxylation sites is 1.